The zero-order valence-electron chi connectivity index (χ0n) is 19.8. The Bertz CT molecular complexity index is 1290. The highest BCUT2D eigenvalue weighted by atomic mass is 35.5. The number of nitrogens with one attached hydrogen (secondary N) is 1. The van der Waals surface area contributed by atoms with E-state index in [1.807, 2.05) is 24.3 Å². The van der Waals surface area contributed by atoms with Crippen molar-refractivity contribution < 1.29 is 14.5 Å². The molecule has 1 aromatic heterocycles. The molecule has 2 unspecified atom stereocenters. The second kappa shape index (κ2) is 10.0. The topological polar surface area (TPSA) is 101 Å². The number of carbonyl (C=O) groups is 1. The van der Waals surface area contributed by atoms with E-state index in [0.717, 1.165) is 28.3 Å². The van der Waals surface area contributed by atoms with Gasteiger partial charge < -0.3 is 19.9 Å². The molecule has 0 radical (unpaired) electrons. The number of hydrogen-bond acceptors (Lipinski definition) is 7. The molecule has 3 heterocycles. The molecule has 3 aromatic rings. The van der Waals surface area contributed by atoms with Crippen molar-refractivity contribution >= 4 is 34.6 Å². The Morgan fingerprint density at radius 2 is 1.97 bits per heavy atom. The second-order valence-electron chi connectivity index (χ2n) is 8.98. The van der Waals surface area contributed by atoms with Crippen molar-refractivity contribution in [2.75, 3.05) is 36.5 Å². The average molecular weight is 508 g/mol. The molecule has 2 aliphatic heterocycles. The third kappa shape index (κ3) is 4.66. The number of non-ortho nitro benzene ring substituents is 1. The average Bonchev–Trinajstić information content (AvgIpc) is 2.91. The number of carbonyl (C=O) groups excluding carboxylic acids is 1. The van der Waals surface area contributed by atoms with Gasteiger partial charge in [0.15, 0.2) is 0 Å². The van der Waals surface area contributed by atoms with Crippen LogP contribution in [-0.4, -0.2) is 48.6 Å². The van der Waals surface area contributed by atoms with Gasteiger partial charge in [0.2, 0.25) is 5.91 Å². The van der Waals surface area contributed by atoms with E-state index in [4.69, 9.17) is 16.3 Å². The molecule has 1 saturated heterocycles. The minimum Gasteiger partial charge on any atom is -0.495 e. The van der Waals surface area contributed by atoms with Crippen molar-refractivity contribution in [1.29, 1.82) is 0 Å². The van der Waals surface area contributed by atoms with E-state index in [2.05, 4.69) is 20.1 Å². The Hall–Kier alpha value is -3.85. The summed E-state index contributed by atoms with van der Waals surface area (Å²) < 4.78 is 5.58. The Morgan fingerprint density at radius 1 is 1.17 bits per heavy atom. The number of ether oxygens (including phenoxy) is 1. The number of anilines is 2. The monoisotopic (exact) mass is 507 g/mol. The molecule has 1 fully saturated rings. The Morgan fingerprint density at radius 3 is 2.72 bits per heavy atom. The van der Waals surface area contributed by atoms with Crippen molar-refractivity contribution in [2.45, 2.75) is 19.0 Å². The van der Waals surface area contributed by atoms with Crippen LogP contribution in [0.25, 0.3) is 0 Å². The van der Waals surface area contributed by atoms with Crippen LogP contribution in [-0.2, 0) is 17.8 Å². The highest BCUT2D eigenvalue weighted by Gasteiger charge is 2.42. The lowest BCUT2D eigenvalue weighted by Crippen LogP contribution is -2.61. The van der Waals surface area contributed by atoms with Crippen LogP contribution in [0.3, 0.4) is 0 Å². The van der Waals surface area contributed by atoms with Crippen molar-refractivity contribution in [3.63, 3.8) is 0 Å². The largest absolute Gasteiger partial charge is 0.495 e. The number of methoxy groups -OCH3 is 1. The molecule has 9 nitrogen and oxygen atoms in total. The number of nitro groups is 1. The molecular weight excluding hydrogens is 482 g/mol. The lowest BCUT2D eigenvalue weighted by atomic mass is 9.83. The molecule has 1 amide bonds. The number of benzene rings is 2. The number of nitro benzene ring substituents is 1. The molecule has 0 bridgehead atoms. The van der Waals surface area contributed by atoms with Crippen LogP contribution in [0.1, 0.15) is 11.1 Å². The Labute approximate surface area is 213 Å². The lowest BCUT2D eigenvalue weighted by molar-refractivity contribution is -0.384. The maximum Gasteiger partial charge on any atom is 0.269 e. The first-order valence-corrected chi connectivity index (χ1v) is 12.1. The van der Waals surface area contributed by atoms with Gasteiger partial charge in [-0.1, -0.05) is 11.6 Å². The SMILES string of the molecule is COc1ccc(Cl)cc1N1CCN2c3ccc([N+](=O)[O-])cc3CC(C(=O)NCc3ccncc3)C2C1. The smallest absolute Gasteiger partial charge is 0.269 e. The lowest BCUT2D eigenvalue weighted by Gasteiger charge is -2.49. The second-order valence-corrected chi connectivity index (χ2v) is 9.41. The molecule has 2 atom stereocenters. The summed E-state index contributed by atoms with van der Waals surface area (Å²) in [4.78, 5) is 33.0. The molecule has 186 valence electrons. The molecule has 0 aliphatic carbocycles. The highest BCUT2D eigenvalue weighted by Crippen LogP contribution is 2.40. The van der Waals surface area contributed by atoms with Gasteiger partial charge in [-0.05, 0) is 53.9 Å². The van der Waals surface area contributed by atoms with E-state index < -0.39 is 10.8 Å². The van der Waals surface area contributed by atoms with Crippen molar-refractivity contribution in [3.05, 3.63) is 87.2 Å². The number of halogens is 1. The van der Waals surface area contributed by atoms with Gasteiger partial charge >= 0.3 is 0 Å². The van der Waals surface area contributed by atoms with E-state index in [0.29, 0.717) is 37.6 Å². The van der Waals surface area contributed by atoms with Crippen LogP contribution in [0.5, 0.6) is 5.75 Å². The molecular formula is C26H26ClN5O4. The van der Waals surface area contributed by atoms with Crippen molar-refractivity contribution in [2.24, 2.45) is 5.92 Å². The first kappa shape index (κ1) is 23.9. The van der Waals surface area contributed by atoms with Gasteiger partial charge in [0.05, 0.1) is 29.7 Å². The molecule has 36 heavy (non-hydrogen) atoms. The van der Waals surface area contributed by atoms with Gasteiger partial charge in [-0.3, -0.25) is 19.9 Å². The zero-order valence-corrected chi connectivity index (χ0v) is 20.5. The van der Waals surface area contributed by atoms with E-state index in [9.17, 15) is 14.9 Å². The predicted octanol–water partition coefficient (Wildman–Crippen LogP) is 3.84. The summed E-state index contributed by atoms with van der Waals surface area (Å²) >= 11 is 6.30. The molecule has 0 spiro atoms. The van der Waals surface area contributed by atoms with Crippen LogP contribution >= 0.6 is 11.6 Å². The van der Waals surface area contributed by atoms with Crippen LogP contribution in [0.4, 0.5) is 17.1 Å². The fraction of sp³-hybridized carbons (Fsp3) is 0.308. The van der Waals surface area contributed by atoms with Crippen LogP contribution < -0.4 is 19.9 Å². The highest BCUT2D eigenvalue weighted by molar-refractivity contribution is 6.31. The van der Waals surface area contributed by atoms with Gasteiger partial charge in [-0.15, -0.1) is 0 Å². The van der Waals surface area contributed by atoms with Gasteiger partial charge in [-0.25, -0.2) is 0 Å². The summed E-state index contributed by atoms with van der Waals surface area (Å²) in [6, 6.07) is 14.1. The molecule has 0 saturated carbocycles. The maximum atomic E-state index is 13.5. The fourth-order valence-electron chi connectivity index (χ4n) is 5.17. The predicted molar refractivity (Wildman–Crippen MR) is 138 cm³/mol. The first-order chi connectivity index (χ1) is 17.4. The summed E-state index contributed by atoms with van der Waals surface area (Å²) in [6.45, 7) is 2.31. The van der Waals surface area contributed by atoms with E-state index >= 15 is 0 Å². The maximum absolute atomic E-state index is 13.5. The third-order valence-corrected chi connectivity index (χ3v) is 7.18. The fourth-order valence-corrected chi connectivity index (χ4v) is 5.34. The number of hydrogen-bond donors (Lipinski definition) is 1. The molecule has 1 N–H and O–H groups in total. The van der Waals surface area contributed by atoms with Crippen molar-refractivity contribution in [1.82, 2.24) is 10.3 Å². The van der Waals surface area contributed by atoms with Gasteiger partial charge in [0.1, 0.15) is 5.75 Å². The number of piperazine rings is 1. The number of fused-ring (bicyclic) bond motifs is 3. The quantitative estimate of drug-likeness (QED) is 0.399. The summed E-state index contributed by atoms with van der Waals surface area (Å²) in [6.07, 6.45) is 3.80. The Balaban J connectivity index is 1.46. The molecule has 5 rings (SSSR count). The van der Waals surface area contributed by atoms with Crippen LogP contribution in [0.15, 0.2) is 60.9 Å². The summed E-state index contributed by atoms with van der Waals surface area (Å²) in [5, 5.41) is 15.1. The van der Waals surface area contributed by atoms with E-state index in [1.165, 1.54) is 6.07 Å². The van der Waals surface area contributed by atoms with Crippen LogP contribution in [0, 0.1) is 16.0 Å². The van der Waals surface area contributed by atoms with Crippen LogP contribution in [0.2, 0.25) is 5.02 Å². The van der Waals surface area contributed by atoms with E-state index in [-0.39, 0.29) is 17.6 Å². The number of aromatic nitrogens is 1. The Kier molecular flexibility index (Phi) is 6.65. The minimum absolute atomic E-state index is 0.0328. The minimum atomic E-state index is -0.395. The summed E-state index contributed by atoms with van der Waals surface area (Å²) in [5.41, 5.74) is 3.64. The van der Waals surface area contributed by atoms with E-state index in [1.54, 1.807) is 37.7 Å². The van der Waals surface area contributed by atoms with Gasteiger partial charge in [0.25, 0.3) is 5.69 Å². The van der Waals surface area contributed by atoms with Gasteiger partial charge in [0, 0.05) is 61.4 Å². The first-order valence-electron chi connectivity index (χ1n) is 11.7. The number of nitrogens with zero attached hydrogens (tertiary/aromatic N) is 4. The molecule has 2 aromatic carbocycles. The number of rotatable bonds is 6. The van der Waals surface area contributed by atoms with Crippen molar-refractivity contribution in [3.8, 4) is 5.75 Å². The summed E-state index contributed by atoms with van der Waals surface area (Å²) in [5.74, 6) is 0.242. The normalized spacial score (nSPS) is 18.7. The number of amides is 1. The zero-order chi connectivity index (χ0) is 25.2. The summed E-state index contributed by atoms with van der Waals surface area (Å²) in [7, 11) is 1.63. The van der Waals surface area contributed by atoms with Gasteiger partial charge in [-0.2, -0.15) is 0 Å². The third-order valence-electron chi connectivity index (χ3n) is 6.94. The standard InChI is InChI=1S/C26H26ClN5O4/c1-36-25-5-2-19(27)14-23(25)30-10-11-31-22-4-3-20(32(34)35)12-18(22)13-21(24(31)16-30)26(33)29-15-17-6-8-28-9-7-17/h2-9,12,14,21,24H,10-11,13,15-16H2,1H3,(H,29,33). The number of pyridine rings is 1. The molecule has 2 aliphatic rings. The molecule has 10 heteroatoms.